The standard InChI is InChI=1S/C17H22S/c1-13-12-14-8-6-4-2-3-5-7-9-15(14)16-10-11-18-17(13)16/h10-12H,2-9H2,1H3. The van der Waals surface area contributed by atoms with Crippen molar-refractivity contribution in [2.45, 2.75) is 58.3 Å². The number of aryl methyl sites for hydroxylation is 3. The Hall–Kier alpha value is -0.820. The van der Waals surface area contributed by atoms with E-state index in [4.69, 9.17) is 0 Å². The molecule has 0 aliphatic heterocycles. The molecule has 0 N–H and O–H groups in total. The van der Waals surface area contributed by atoms with E-state index in [0.717, 1.165) is 0 Å². The fraction of sp³-hybridized carbons (Fsp3) is 0.529. The second-order valence-corrected chi connectivity index (χ2v) is 6.53. The molecule has 0 amide bonds. The molecule has 1 heterocycles. The van der Waals surface area contributed by atoms with E-state index in [9.17, 15) is 0 Å². The quantitative estimate of drug-likeness (QED) is 0.573. The highest BCUT2D eigenvalue weighted by atomic mass is 32.1. The van der Waals surface area contributed by atoms with Crippen LogP contribution in [-0.2, 0) is 12.8 Å². The maximum absolute atomic E-state index is 2.47. The molecule has 0 nitrogen and oxygen atoms in total. The first-order valence-electron chi connectivity index (χ1n) is 7.35. The van der Waals surface area contributed by atoms with E-state index in [0.29, 0.717) is 0 Å². The summed E-state index contributed by atoms with van der Waals surface area (Å²) < 4.78 is 1.52. The monoisotopic (exact) mass is 258 g/mol. The molecule has 1 aromatic carbocycles. The van der Waals surface area contributed by atoms with Gasteiger partial charge in [-0.1, -0.05) is 31.7 Å². The lowest BCUT2D eigenvalue weighted by Gasteiger charge is -2.15. The Morgan fingerprint density at radius 2 is 1.67 bits per heavy atom. The molecule has 2 aromatic rings. The van der Waals surface area contributed by atoms with Crippen LogP contribution in [0.3, 0.4) is 0 Å². The largest absolute Gasteiger partial charge is 0.144 e. The third-order valence-corrected chi connectivity index (χ3v) is 5.30. The number of hydrogen-bond acceptors (Lipinski definition) is 1. The zero-order valence-electron chi connectivity index (χ0n) is 11.3. The van der Waals surface area contributed by atoms with Crippen molar-refractivity contribution in [1.29, 1.82) is 0 Å². The van der Waals surface area contributed by atoms with Gasteiger partial charge in [0.25, 0.3) is 0 Å². The molecule has 0 bridgehead atoms. The highest BCUT2D eigenvalue weighted by Crippen LogP contribution is 2.33. The van der Waals surface area contributed by atoms with Crippen LogP contribution in [0.4, 0.5) is 0 Å². The van der Waals surface area contributed by atoms with E-state index in [1.54, 1.807) is 16.5 Å². The SMILES string of the molecule is Cc1cc2c(c3ccsc13)CCCCCCCC2. The first-order valence-corrected chi connectivity index (χ1v) is 8.23. The van der Waals surface area contributed by atoms with Gasteiger partial charge in [0.1, 0.15) is 0 Å². The van der Waals surface area contributed by atoms with Crippen molar-refractivity contribution in [3.63, 3.8) is 0 Å². The fourth-order valence-corrected chi connectivity index (χ4v) is 4.19. The van der Waals surface area contributed by atoms with Gasteiger partial charge in [0.15, 0.2) is 0 Å². The second-order valence-electron chi connectivity index (χ2n) is 5.62. The minimum absolute atomic E-state index is 1.29. The molecule has 0 saturated carbocycles. The summed E-state index contributed by atoms with van der Waals surface area (Å²) in [6.45, 7) is 2.28. The van der Waals surface area contributed by atoms with Crippen LogP contribution in [0.15, 0.2) is 17.5 Å². The number of hydrogen-bond donors (Lipinski definition) is 0. The van der Waals surface area contributed by atoms with Gasteiger partial charge in [-0.2, -0.15) is 0 Å². The smallest absolute Gasteiger partial charge is 0.0374 e. The summed E-state index contributed by atoms with van der Waals surface area (Å²) in [5, 5.41) is 3.81. The number of benzene rings is 1. The predicted molar refractivity (Wildman–Crippen MR) is 81.7 cm³/mol. The molecular formula is C17H22S. The molecule has 96 valence electrons. The molecule has 0 fully saturated rings. The van der Waals surface area contributed by atoms with Crippen LogP contribution in [0, 0.1) is 6.92 Å². The van der Waals surface area contributed by atoms with Crippen molar-refractivity contribution < 1.29 is 0 Å². The third kappa shape index (κ3) is 2.33. The van der Waals surface area contributed by atoms with E-state index in [1.807, 2.05) is 11.3 Å². The van der Waals surface area contributed by atoms with Crippen molar-refractivity contribution in [3.05, 3.63) is 34.2 Å². The molecular weight excluding hydrogens is 236 g/mol. The van der Waals surface area contributed by atoms with Crippen molar-refractivity contribution in [1.82, 2.24) is 0 Å². The highest BCUT2D eigenvalue weighted by molar-refractivity contribution is 7.17. The Balaban J connectivity index is 2.06. The molecule has 1 heteroatoms. The topological polar surface area (TPSA) is 0 Å². The first-order chi connectivity index (χ1) is 8.86. The minimum atomic E-state index is 1.29. The summed E-state index contributed by atoms with van der Waals surface area (Å²) in [6, 6.07) is 4.81. The summed E-state index contributed by atoms with van der Waals surface area (Å²) in [4.78, 5) is 0. The number of thiophene rings is 1. The molecule has 0 atom stereocenters. The van der Waals surface area contributed by atoms with Crippen LogP contribution in [0.1, 0.15) is 55.2 Å². The van der Waals surface area contributed by atoms with E-state index in [2.05, 4.69) is 24.4 Å². The summed E-state index contributed by atoms with van der Waals surface area (Å²) in [6.07, 6.45) is 11.1. The maximum Gasteiger partial charge on any atom is 0.0374 e. The molecule has 1 aliphatic rings. The van der Waals surface area contributed by atoms with Crippen molar-refractivity contribution >= 4 is 21.4 Å². The van der Waals surface area contributed by atoms with Crippen LogP contribution in [0.5, 0.6) is 0 Å². The highest BCUT2D eigenvalue weighted by Gasteiger charge is 2.12. The van der Waals surface area contributed by atoms with Crippen LogP contribution in [0.2, 0.25) is 0 Å². The van der Waals surface area contributed by atoms with Gasteiger partial charge in [-0.3, -0.25) is 0 Å². The zero-order valence-corrected chi connectivity index (χ0v) is 12.1. The summed E-state index contributed by atoms with van der Waals surface area (Å²) in [7, 11) is 0. The fourth-order valence-electron chi connectivity index (χ4n) is 3.28. The van der Waals surface area contributed by atoms with Gasteiger partial charge >= 0.3 is 0 Å². The average molecular weight is 258 g/mol. The Bertz CT molecular complexity index is 536. The van der Waals surface area contributed by atoms with E-state index in [1.165, 1.54) is 61.6 Å². The summed E-state index contributed by atoms with van der Waals surface area (Å²) >= 11 is 1.91. The Kier molecular flexibility index (Phi) is 3.69. The molecule has 0 saturated heterocycles. The Morgan fingerprint density at radius 3 is 2.50 bits per heavy atom. The average Bonchev–Trinajstić information content (AvgIpc) is 2.86. The van der Waals surface area contributed by atoms with E-state index < -0.39 is 0 Å². The first kappa shape index (κ1) is 12.2. The zero-order chi connectivity index (χ0) is 12.4. The molecule has 0 unspecified atom stereocenters. The van der Waals surface area contributed by atoms with Crippen LogP contribution >= 0.6 is 11.3 Å². The molecule has 3 rings (SSSR count). The lowest BCUT2D eigenvalue weighted by atomic mass is 9.91. The van der Waals surface area contributed by atoms with E-state index >= 15 is 0 Å². The minimum Gasteiger partial charge on any atom is -0.144 e. The molecule has 1 aliphatic carbocycles. The molecule has 18 heavy (non-hydrogen) atoms. The van der Waals surface area contributed by atoms with Gasteiger partial charge in [0.2, 0.25) is 0 Å². The van der Waals surface area contributed by atoms with Crippen molar-refractivity contribution in [2.75, 3.05) is 0 Å². The van der Waals surface area contributed by atoms with Gasteiger partial charge in [-0.15, -0.1) is 11.3 Å². The van der Waals surface area contributed by atoms with Crippen LogP contribution in [0.25, 0.3) is 10.1 Å². The van der Waals surface area contributed by atoms with Gasteiger partial charge in [0.05, 0.1) is 0 Å². The van der Waals surface area contributed by atoms with Gasteiger partial charge in [-0.05, 0) is 66.1 Å². The van der Waals surface area contributed by atoms with Crippen LogP contribution in [-0.4, -0.2) is 0 Å². The number of fused-ring (bicyclic) bond motifs is 3. The molecule has 0 spiro atoms. The van der Waals surface area contributed by atoms with Crippen LogP contribution < -0.4 is 0 Å². The summed E-state index contributed by atoms with van der Waals surface area (Å²) in [5.41, 5.74) is 4.79. The third-order valence-electron chi connectivity index (χ3n) is 4.25. The lowest BCUT2D eigenvalue weighted by molar-refractivity contribution is 0.582. The van der Waals surface area contributed by atoms with Gasteiger partial charge < -0.3 is 0 Å². The lowest BCUT2D eigenvalue weighted by Crippen LogP contribution is -1.99. The molecule has 0 radical (unpaired) electrons. The van der Waals surface area contributed by atoms with Crippen molar-refractivity contribution in [3.8, 4) is 0 Å². The van der Waals surface area contributed by atoms with Gasteiger partial charge in [-0.25, -0.2) is 0 Å². The number of rotatable bonds is 0. The second kappa shape index (κ2) is 5.44. The van der Waals surface area contributed by atoms with Gasteiger partial charge in [0, 0.05) is 4.70 Å². The maximum atomic E-state index is 2.47. The predicted octanol–water partition coefficient (Wildman–Crippen LogP) is 5.65. The molecule has 1 aromatic heterocycles. The Morgan fingerprint density at radius 1 is 0.944 bits per heavy atom. The Labute approximate surface area is 114 Å². The summed E-state index contributed by atoms with van der Waals surface area (Å²) in [5.74, 6) is 0. The van der Waals surface area contributed by atoms with E-state index in [-0.39, 0.29) is 0 Å². The van der Waals surface area contributed by atoms with Crippen molar-refractivity contribution in [2.24, 2.45) is 0 Å². The normalized spacial score (nSPS) is 17.6.